The van der Waals surface area contributed by atoms with E-state index in [-0.39, 0.29) is 17.4 Å². The van der Waals surface area contributed by atoms with Crippen LogP contribution < -0.4 is 5.32 Å². The van der Waals surface area contributed by atoms with Crippen molar-refractivity contribution in [1.82, 2.24) is 0 Å². The average Bonchev–Trinajstić information content (AvgIpc) is 2.70. The number of Topliss-reactive ketones (excluding diaryl/α,β-unsaturated/α-hetero) is 1. The van der Waals surface area contributed by atoms with E-state index in [1.807, 2.05) is 91.0 Å². The highest BCUT2D eigenvalue weighted by Gasteiger charge is 2.23. The Morgan fingerprint density at radius 2 is 1.31 bits per heavy atom. The van der Waals surface area contributed by atoms with Crippen LogP contribution in [0.1, 0.15) is 21.2 Å². The lowest BCUT2D eigenvalue weighted by atomic mass is 10.0. The lowest BCUT2D eigenvalue weighted by molar-refractivity contribution is -0.113. The average molecular weight is 361 g/mol. The van der Waals surface area contributed by atoms with Crippen LogP contribution in [0, 0.1) is 0 Å². The van der Waals surface area contributed by atoms with Crippen LogP contribution in [-0.4, -0.2) is 17.4 Å². The Hall–Kier alpha value is -2.85. The zero-order valence-corrected chi connectivity index (χ0v) is 15.0. The summed E-state index contributed by atoms with van der Waals surface area (Å²) in [6.45, 7) is 0. The number of rotatable bonds is 7. The van der Waals surface area contributed by atoms with Crippen LogP contribution in [0.3, 0.4) is 0 Å². The first-order valence-corrected chi connectivity index (χ1v) is 9.39. The molecule has 0 saturated carbocycles. The summed E-state index contributed by atoms with van der Waals surface area (Å²) in [7, 11) is 0. The van der Waals surface area contributed by atoms with E-state index in [0.29, 0.717) is 5.56 Å². The highest BCUT2D eigenvalue weighted by molar-refractivity contribution is 8.00. The number of thioether (sulfide) groups is 1. The topological polar surface area (TPSA) is 46.2 Å². The molecule has 0 spiro atoms. The number of nitrogens with one attached hydrogen (secondary N) is 1. The molecule has 0 fully saturated rings. The molecule has 0 aliphatic heterocycles. The number of carbonyl (C=O) groups excluding carboxylic acids is 2. The van der Waals surface area contributed by atoms with Gasteiger partial charge < -0.3 is 5.32 Å². The molecule has 0 saturated heterocycles. The number of amides is 1. The Balaban J connectivity index is 1.72. The van der Waals surface area contributed by atoms with Crippen LogP contribution in [0.2, 0.25) is 0 Å². The van der Waals surface area contributed by atoms with Gasteiger partial charge in [0, 0.05) is 11.3 Å². The van der Waals surface area contributed by atoms with Gasteiger partial charge in [0.2, 0.25) is 5.91 Å². The maximum absolute atomic E-state index is 13.0. The minimum absolute atomic E-state index is 0.00862. The van der Waals surface area contributed by atoms with E-state index >= 15 is 0 Å². The summed E-state index contributed by atoms with van der Waals surface area (Å²) in [5, 5.41) is 2.44. The molecule has 0 bridgehead atoms. The number of benzene rings is 3. The van der Waals surface area contributed by atoms with Gasteiger partial charge >= 0.3 is 0 Å². The van der Waals surface area contributed by atoms with Gasteiger partial charge in [-0.25, -0.2) is 0 Å². The highest BCUT2D eigenvalue weighted by atomic mass is 32.2. The van der Waals surface area contributed by atoms with Crippen molar-refractivity contribution >= 4 is 29.1 Å². The Bertz CT molecular complexity index is 851. The Labute approximate surface area is 157 Å². The van der Waals surface area contributed by atoms with E-state index in [0.717, 1.165) is 11.3 Å². The van der Waals surface area contributed by atoms with E-state index < -0.39 is 5.25 Å². The molecule has 3 nitrogen and oxygen atoms in total. The van der Waals surface area contributed by atoms with Crippen molar-refractivity contribution in [2.24, 2.45) is 0 Å². The number of hydrogen-bond acceptors (Lipinski definition) is 3. The molecule has 4 heteroatoms. The molecule has 3 aromatic rings. The molecular formula is C22H19NO2S. The highest BCUT2D eigenvalue weighted by Crippen LogP contribution is 2.32. The molecular weight excluding hydrogens is 342 g/mol. The van der Waals surface area contributed by atoms with Crippen LogP contribution in [0.5, 0.6) is 0 Å². The summed E-state index contributed by atoms with van der Waals surface area (Å²) in [4.78, 5) is 25.2. The van der Waals surface area contributed by atoms with Gasteiger partial charge in [-0.1, -0.05) is 78.9 Å². The first-order chi connectivity index (χ1) is 12.7. The number of hydrogen-bond donors (Lipinski definition) is 1. The van der Waals surface area contributed by atoms with Crippen molar-refractivity contribution in [1.29, 1.82) is 0 Å². The molecule has 0 unspecified atom stereocenters. The third-order valence-corrected chi connectivity index (χ3v) is 5.09. The molecule has 3 aromatic carbocycles. The van der Waals surface area contributed by atoms with E-state index in [2.05, 4.69) is 5.32 Å². The largest absolute Gasteiger partial charge is 0.325 e. The molecule has 0 aromatic heterocycles. The monoisotopic (exact) mass is 361 g/mol. The molecule has 0 aliphatic carbocycles. The fraction of sp³-hybridized carbons (Fsp3) is 0.0909. The summed E-state index contributed by atoms with van der Waals surface area (Å²) in [5.74, 6) is 0.0878. The lowest BCUT2D eigenvalue weighted by Gasteiger charge is -2.16. The van der Waals surface area contributed by atoms with Gasteiger partial charge in [0.1, 0.15) is 0 Å². The van der Waals surface area contributed by atoms with Crippen LogP contribution in [0.15, 0.2) is 91.0 Å². The quantitative estimate of drug-likeness (QED) is 0.604. The smallest absolute Gasteiger partial charge is 0.234 e. The molecule has 26 heavy (non-hydrogen) atoms. The summed E-state index contributed by atoms with van der Waals surface area (Å²) in [6, 6.07) is 28.1. The van der Waals surface area contributed by atoms with Gasteiger partial charge in [-0.05, 0) is 17.7 Å². The van der Waals surface area contributed by atoms with Crippen molar-refractivity contribution in [2.45, 2.75) is 5.25 Å². The number of ketones is 1. The van der Waals surface area contributed by atoms with Crippen molar-refractivity contribution in [3.8, 4) is 0 Å². The van der Waals surface area contributed by atoms with Crippen molar-refractivity contribution in [3.05, 3.63) is 102 Å². The summed E-state index contributed by atoms with van der Waals surface area (Å²) < 4.78 is 0. The fourth-order valence-electron chi connectivity index (χ4n) is 2.58. The molecule has 1 amide bonds. The van der Waals surface area contributed by atoms with Gasteiger partial charge in [-0.2, -0.15) is 0 Å². The third-order valence-electron chi connectivity index (χ3n) is 3.84. The molecule has 3 rings (SSSR count). The predicted molar refractivity (Wildman–Crippen MR) is 107 cm³/mol. The second kappa shape index (κ2) is 9.02. The Morgan fingerprint density at radius 3 is 1.92 bits per heavy atom. The Morgan fingerprint density at radius 1 is 0.769 bits per heavy atom. The summed E-state index contributed by atoms with van der Waals surface area (Å²) in [6.07, 6.45) is 0. The maximum atomic E-state index is 13.0. The molecule has 1 atom stereocenters. The van der Waals surface area contributed by atoms with Crippen molar-refractivity contribution < 1.29 is 9.59 Å². The minimum Gasteiger partial charge on any atom is -0.325 e. The molecule has 1 N–H and O–H groups in total. The van der Waals surface area contributed by atoms with Crippen LogP contribution >= 0.6 is 11.8 Å². The number of carbonyl (C=O) groups is 2. The molecule has 0 heterocycles. The summed E-state index contributed by atoms with van der Waals surface area (Å²) >= 11 is 1.34. The van der Waals surface area contributed by atoms with E-state index in [1.54, 1.807) is 0 Å². The zero-order chi connectivity index (χ0) is 18.2. The second-order valence-electron chi connectivity index (χ2n) is 5.75. The van der Waals surface area contributed by atoms with E-state index in [4.69, 9.17) is 0 Å². The van der Waals surface area contributed by atoms with Gasteiger partial charge in [0.25, 0.3) is 0 Å². The molecule has 0 radical (unpaired) electrons. The third kappa shape index (κ3) is 4.83. The van der Waals surface area contributed by atoms with Crippen molar-refractivity contribution in [3.63, 3.8) is 0 Å². The van der Waals surface area contributed by atoms with E-state index in [1.165, 1.54) is 11.8 Å². The van der Waals surface area contributed by atoms with Crippen LogP contribution in [0.25, 0.3) is 0 Å². The lowest BCUT2D eigenvalue weighted by Crippen LogP contribution is -2.17. The SMILES string of the molecule is O=C(CS[C@@H](C(=O)c1ccccc1)c1ccccc1)Nc1ccccc1. The number of anilines is 1. The molecule has 0 aliphatic rings. The van der Waals surface area contributed by atoms with Gasteiger partial charge in [-0.15, -0.1) is 11.8 Å². The van der Waals surface area contributed by atoms with E-state index in [9.17, 15) is 9.59 Å². The zero-order valence-electron chi connectivity index (χ0n) is 14.2. The maximum Gasteiger partial charge on any atom is 0.234 e. The van der Waals surface area contributed by atoms with Crippen LogP contribution in [-0.2, 0) is 4.79 Å². The fourth-order valence-corrected chi connectivity index (χ4v) is 3.61. The predicted octanol–water partition coefficient (Wildman–Crippen LogP) is 4.98. The van der Waals surface area contributed by atoms with Crippen LogP contribution in [0.4, 0.5) is 5.69 Å². The first-order valence-electron chi connectivity index (χ1n) is 8.35. The normalized spacial score (nSPS) is 11.5. The Kier molecular flexibility index (Phi) is 6.23. The van der Waals surface area contributed by atoms with Gasteiger partial charge in [0.15, 0.2) is 5.78 Å². The standard InChI is InChI=1S/C22H19NO2S/c24-20(23-19-14-8-3-9-15-19)16-26-22(18-12-6-2-7-13-18)21(25)17-10-4-1-5-11-17/h1-15,22H,16H2,(H,23,24)/t22-/m1/s1. The van der Waals surface area contributed by atoms with Crippen molar-refractivity contribution in [2.75, 3.05) is 11.1 Å². The molecule has 130 valence electrons. The van der Waals surface area contributed by atoms with Gasteiger partial charge in [0.05, 0.1) is 11.0 Å². The number of para-hydroxylation sites is 1. The van der Waals surface area contributed by atoms with Gasteiger partial charge in [-0.3, -0.25) is 9.59 Å². The first kappa shape index (κ1) is 18.0. The minimum atomic E-state index is -0.417. The summed E-state index contributed by atoms with van der Waals surface area (Å²) in [5.41, 5.74) is 2.31. The second-order valence-corrected chi connectivity index (χ2v) is 6.84.